The predicted octanol–water partition coefficient (Wildman–Crippen LogP) is 5.68. The van der Waals surface area contributed by atoms with Crippen molar-refractivity contribution in [3.63, 3.8) is 0 Å². The Labute approximate surface area is 263 Å². The number of nitrogens with two attached hydrogens (primary N) is 1. The summed E-state index contributed by atoms with van der Waals surface area (Å²) in [6.45, 7) is 13.0. The summed E-state index contributed by atoms with van der Waals surface area (Å²) in [6, 6.07) is 10.3. The number of benzene rings is 2. The van der Waals surface area contributed by atoms with Gasteiger partial charge in [0, 0.05) is 61.9 Å². The molecule has 2 aliphatic heterocycles. The van der Waals surface area contributed by atoms with Crippen molar-refractivity contribution < 1.29 is 22.8 Å². The fourth-order valence-electron chi connectivity index (χ4n) is 6.29. The number of carbonyl (C=O) groups excluding carboxylic acids is 2. The molecule has 0 saturated carbocycles. The third-order valence-electron chi connectivity index (χ3n) is 8.79. The van der Waals surface area contributed by atoms with Crippen LogP contribution in [0.25, 0.3) is 0 Å². The van der Waals surface area contributed by atoms with Gasteiger partial charge in [0.15, 0.2) is 0 Å². The molecule has 242 valence electrons. The van der Waals surface area contributed by atoms with Crippen molar-refractivity contribution in [1.29, 1.82) is 0 Å². The first-order chi connectivity index (χ1) is 20.6. The Morgan fingerprint density at radius 2 is 1.61 bits per heavy atom. The number of amides is 2. The molecule has 3 N–H and O–H groups in total. The zero-order chi connectivity index (χ0) is 32.3. The smallest absolute Gasteiger partial charge is 0.368 e. The SMILES string of the molecule is CC(C)C[C@H](NC(=O)[C@H](C)N)c1cc(C(F)(F)F)ccc1N1CCN(C(=O)[C@@H]2CN(C(C)C)C[C@H]2c2ccc(Cl)cc2)CC1. The van der Waals surface area contributed by atoms with Crippen LogP contribution in [0.1, 0.15) is 69.7 Å². The summed E-state index contributed by atoms with van der Waals surface area (Å²) in [6.07, 6.45) is -4.08. The Morgan fingerprint density at radius 1 is 0.977 bits per heavy atom. The predicted molar refractivity (Wildman–Crippen MR) is 169 cm³/mol. The number of nitrogens with zero attached hydrogens (tertiary/aromatic N) is 3. The number of piperazine rings is 1. The van der Waals surface area contributed by atoms with Gasteiger partial charge in [-0.05, 0) is 74.6 Å². The normalized spacial score (nSPS) is 21.2. The van der Waals surface area contributed by atoms with E-state index in [9.17, 15) is 22.8 Å². The lowest BCUT2D eigenvalue weighted by Crippen LogP contribution is -2.51. The maximum Gasteiger partial charge on any atom is 0.416 e. The summed E-state index contributed by atoms with van der Waals surface area (Å²) in [5.41, 5.74) is 7.17. The number of likely N-dealkylation sites (tertiary alicyclic amines) is 1. The minimum atomic E-state index is -4.53. The van der Waals surface area contributed by atoms with Crippen molar-refractivity contribution >= 4 is 29.1 Å². The van der Waals surface area contributed by atoms with Crippen LogP contribution in [0.3, 0.4) is 0 Å². The van der Waals surface area contributed by atoms with Crippen LogP contribution in [0.5, 0.6) is 0 Å². The highest BCUT2D eigenvalue weighted by Crippen LogP contribution is 2.39. The zero-order valence-corrected chi connectivity index (χ0v) is 27.0. The lowest BCUT2D eigenvalue weighted by Gasteiger charge is -2.39. The highest BCUT2D eigenvalue weighted by atomic mass is 35.5. The fraction of sp³-hybridized carbons (Fsp3) is 0.576. The number of alkyl halides is 3. The minimum absolute atomic E-state index is 0.0482. The summed E-state index contributed by atoms with van der Waals surface area (Å²) in [7, 11) is 0. The molecule has 0 aliphatic carbocycles. The summed E-state index contributed by atoms with van der Waals surface area (Å²) >= 11 is 6.13. The highest BCUT2D eigenvalue weighted by molar-refractivity contribution is 6.30. The van der Waals surface area contributed by atoms with Gasteiger partial charge in [-0.3, -0.25) is 14.5 Å². The summed E-state index contributed by atoms with van der Waals surface area (Å²) in [5, 5.41) is 3.54. The van der Waals surface area contributed by atoms with E-state index in [4.69, 9.17) is 17.3 Å². The van der Waals surface area contributed by atoms with Gasteiger partial charge in [0.05, 0.1) is 23.6 Å². The average molecular weight is 636 g/mol. The molecule has 4 rings (SSSR count). The lowest BCUT2D eigenvalue weighted by molar-refractivity contribution is -0.138. The van der Waals surface area contributed by atoms with E-state index in [-0.39, 0.29) is 23.7 Å². The van der Waals surface area contributed by atoms with Crippen molar-refractivity contribution in [3.05, 3.63) is 64.2 Å². The molecule has 2 fully saturated rings. The Hall–Kier alpha value is -2.82. The molecule has 2 aliphatic rings. The van der Waals surface area contributed by atoms with Gasteiger partial charge < -0.3 is 20.9 Å². The number of carbonyl (C=O) groups is 2. The number of anilines is 1. The van der Waals surface area contributed by atoms with Gasteiger partial charge in [0.2, 0.25) is 11.8 Å². The standard InChI is InChI=1S/C33H45ClF3N5O2/c1-20(2)16-29(39-31(43)22(5)38)26-17-24(33(35,36)37)8-11-30(26)40-12-14-41(15-13-40)32(44)28-19-42(21(3)4)18-27(28)23-6-9-25(34)10-7-23/h6-11,17,20-22,27-29H,12-16,18-19,38H2,1-5H3,(H,39,43)/t22-,27-,28+,29-/m0/s1. The molecule has 2 amide bonds. The first-order valence-electron chi connectivity index (χ1n) is 15.5. The minimum Gasteiger partial charge on any atom is -0.368 e. The van der Waals surface area contributed by atoms with Crippen LogP contribution in [0.4, 0.5) is 18.9 Å². The van der Waals surface area contributed by atoms with E-state index in [0.717, 1.165) is 24.2 Å². The molecule has 2 aromatic carbocycles. The molecule has 2 aromatic rings. The molecule has 2 heterocycles. The molecule has 4 atom stereocenters. The highest BCUT2D eigenvalue weighted by Gasteiger charge is 2.42. The van der Waals surface area contributed by atoms with Crippen LogP contribution in [-0.4, -0.2) is 73.0 Å². The molecule has 0 bridgehead atoms. The molecule has 0 unspecified atom stereocenters. The Balaban J connectivity index is 1.56. The first kappa shape index (κ1) is 34.1. The topological polar surface area (TPSA) is 81.9 Å². The van der Waals surface area contributed by atoms with Crippen LogP contribution in [0, 0.1) is 11.8 Å². The number of hydrogen-bond donors (Lipinski definition) is 2. The van der Waals surface area contributed by atoms with E-state index in [1.165, 1.54) is 6.07 Å². The molecule has 0 aromatic heterocycles. The Kier molecular flexibility index (Phi) is 10.9. The summed E-state index contributed by atoms with van der Waals surface area (Å²) in [5.74, 6) is -0.364. The molecular formula is C33H45ClF3N5O2. The quantitative estimate of drug-likeness (QED) is 0.371. The summed E-state index contributed by atoms with van der Waals surface area (Å²) in [4.78, 5) is 32.8. The Morgan fingerprint density at radius 3 is 2.16 bits per heavy atom. The van der Waals surface area contributed by atoms with Gasteiger partial charge in [-0.2, -0.15) is 13.2 Å². The van der Waals surface area contributed by atoms with Crippen molar-refractivity contribution in [3.8, 4) is 0 Å². The number of halogens is 4. The fourth-order valence-corrected chi connectivity index (χ4v) is 6.42. The van der Waals surface area contributed by atoms with Crippen LogP contribution < -0.4 is 16.0 Å². The van der Waals surface area contributed by atoms with Crippen molar-refractivity contribution in [2.75, 3.05) is 44.2 Å². The molecule has 0 spiro atoms. The van der Waals surface area contributed by atoms with E-state index in [1.54, 1.807) is 6.92 Å². The maximum absolute atomic E-state index is 14.0. The van der Waals surface area contributed by atoms with E-state index >= 15 is 0 Å². The van der Waals surface area contributed by atoms with Crippen LogP contribution in [0.2, 0.25) is 5.02 Å². The second kappa shape index (κ2) is 14.1. The Bertz CT molecular complexity index is 1290. The molecular weight excluding hydrogens is 591 g/mol. The van der Waals surface area contributed by atoms with Crippen LogP contribution >= 0.6 is 11.6 Å². The van der Waals surface area contributed by atoms with Gasteiger partial charge in [0.25, 0.3) is 0 Å². The van der Waals surface area contributed by atoms with E-state index in [1.807, 2.05) is 47.9 Å². The lowest BCUT2D eigenvalue weighted by atomic mass is 9.88. The molecule has 11 heteroatoms. The number of nitrogens with one attached hydrogen (secondary N) is 1. The molecule has 2 saturated heterocycles. The monoisotopic (exact) mass is 635 g/mol. The third-order valence-corrected chi connectivity index (χ3v) is 9.05. The van der Waals surface area contributed by atoms with E-state index < -0.39 is 29.7 Å². The second-order valence-electron chi connectivity index (χ2n) is 12.9. The van der Waals surface area contributed by atoms with Crippen molar-refractivity contribution in [2.45, 2.75) is 71.3 Å². The zero-order valence-electron chi connectivity index (χ0n) is 26.2. The van der Waals surface area contributed by atoms with Gasteiger partial charge in [-0.15, -0.1) is 0 Å². The van der Waals surface area contributed by atoms with Crippen LogP contribution in [-0.2, 0) is 15.8 Å². The van der Waals surface area contributed by atoms with Gasteiger partial charge in [0.1, 0.15) is 0 Å². The van der Waals surface area contributed by atoms with Crippen molar-refractivity contribution in [2.24, 2.45) is 17.6 Å². The van der Waals surface area contributed by atoms with E-state index in [0.29, 0.717) is 61.5 Å². The van der Waals surface area contributed by atoms with E-state index in [2.05, 4.69) is 24.1 Å². The molecule has 0 radical (unpaired) electrons. The largest absolute Gasteiger partial charge is 0.416 e. The van der Waals surface area contributed by atoms with Gasteiger partial charge in [-0.25, -0.2) is 0 Å². The number of rotatable bonds is 9. The summed E-state index contributed by atoms with van der Waals surface area (Å²) < 4.78 is 41.5. The number of hydrogen-bond acceptors (Lipinski definition) is 5. The molecule has 44 heavy (non-hydrogen) atoms. The third kappa shape index (κ3) is 8.06. The average Bonchev–Trinajstić information content (AvgIpc) is 3.42. The maximum atomic E-state index is 14.0. The molecule has 7 nitrogen and oxygen atoms in total. The van der Waals surface area contributed by atoms with Gasteiger partial charge >= 0.3 is 6.18 Å². The second-order valence-corrected chi connectivity index (χ2v) is 13.3. The van der Waals surface area contributed by atoms with Crippen LogP contribution in [0.15, 0.2) is 42.5 Å². The van der Waals surface area contributed by atoms with Crippen molar-refractivity contribution in [1.82, 2.24) is 15.1 Å². The first-order valence-corrected chi connectivity index (χ1v) is 15.8. The van der Waals surface area contributed by atoms with Gasteiger partial charge in [-0.1, -0.05) is 37.6 Å².